The number of amides is 1. The van der Waals surface area contributed by atoms with E-state index in [4.69, 9.17) is 4.74 Å². The van der Waals surface area contributed by atoms with Gasteiger partial charge in [0.05, 0.1) is 6.42 Å². The first-order chi connectivity index (χ1) is 18.1. The summed E-state index contributed by atoms with van der Waals surface area (Å²) in [6.07, 6.45) is 3.30. The Kier molecular flexibility index (Phi) is 9.44. The van der Waals surface area contributed by atoms with Crippen molar-refractivity contribution in [2.45, 2.75) is 50.7 Å². The van der Waals surface area contributed by atoms with Crippen LogP contribution in [-0.2, 0) is 32.9 Å². The Hall–Kier alpha value is -3.51. The number of rotatable bonds is 12. The molecule has 0 radical (unpaired) electrons. The van der Waals surface area contributed by atoms with Crippen molar-refractivity contribution in [3.05, 3.63) is 118 Å². The van der Waals surface area contributed by atoms with Gasteiger partial charge in [-0.25, -0.2) is 4.79 Å². The van der Waals surface area contributed by atoms with E-state index in [0.29, 0.717) is 42.9 Å². The van der Waals surface area contributed by atoms with Crippen LogP contribution in [0.4, 0.5) is 0 Å². The molecule has 4 rings (SSSR count). The molecule has 5 nitrogen and oxygen atoms in total. The van der Waals surface area contributed by atoms with Crippen molar-refractivity contribution in [1.82, 2.24) is 5.32 Å². The summed E-state index contributed by atoms with van der Waals surface area (Å²) in [5.41, 5.74) is 2.17. The van der Waals surface area contributed by atoms with Crippen LogP contribution in [0.1, 0.15) is 48.8 Å². The van der Waals surface area contributed by atoms with Gasteiger partial charge in [0.1, 0.15) is 16.3 Å². The first-order valence-corrected chi connectivity index (χ1v) is 13.7. The quantitative estimate of drug-likeness (QED) is 0.214. The van der Waals surface area contributed by atoms with E-state index in [2.05, 4.69) is 17.4 Å². The maximum Gasteiger partial charge on any atom is 0.348 e. The van der Waals surface area contributed by atoms with Gasteiger partial charge < -0.3 is 15.2 Å². The van der Waals surface area contributed by atoms with Crippen molar-refractivity contribution in [2.75, 3.05) is 5.75 Å². The van der Waals surface area contributed by atoms with Crippen LogP contribution >= 0.6 is 11.8 Å². The Morgan fingerprint density at radius 1 is 0.892 bits per heavy atom. The second-order valence-corrected chi connectivity index (χ2v) is 10.4. The smallest absolute Gasteiger partial charge is 0.348 e. The molecule has 0 saturated heterocycles. The highest BCUT2D eigenvalue weighted by Gasteiger charge is 2.43. The number of esters is 1. The summed E-state index contributed by atoms with van der Waals surface area (Å²) >= 11 is 1.34. The average Bonchev–Trinajstić information content (AvgIpc) is 2.93. The maximum atomic E-state index is 13.1. The second kappa shape index (κ2) is 13.2. The minimum atomic E-state index is -0.938. The van der Waals surface area contributed by atoms with Gasteiger partial charge in [-0.1, -0.05) is 91.0 Å². The number of carbonyl (C=O) groups is 2. The van der Waals surface area contributed by atoms with Gasteiger partial charge in [-0.15, -0.1) is 11.8 Å². The zero-order valence-corrected chi connectivity index (χ0v) is 21.7. The molecule has 0 fully saturated rings. The molecule has 1 heterocycles. The summed E-state index contributed by atoms with van der Waals surface area (Å²) in [5.74, 6) is 0.276. The third-order valence-electron chi connectivity index (χ3n) is 6.54. The topological polar surface area (TPSA) is 75.6 Å². The molecule has 2 N–H and O–H groups in total. The maximum absolute atomic E-state index is 13.1. The Morgan fingerprint density at radius 3 is 2.16 bits per heavy atom. The molecule has 1 aliphatic heterocycles. The summed E-state index contributed by atoms with van der Waals surface area (Å²) < 4.78 is 6.08. The third kappa shape index (κ3) is 7.49. The molecule has 3 aromatic rings. The second-order valence-electron chi connectivity index (χ2n) is 9.26. The third-order valence-corrected chi connectivity index (χ3v) is 7.63. The van der Waals surface area contributed by atoms with Gasteiger partial charge in [-0.05, 0) is 42.4 Å². The van der Waals surface area contributed by atoms with E-state index in [1.807, 2.05) is 78.9 Å². The van der Waals surface area contributed by atoms with Gasteiger partial charge in [0.25, 0.3) is 0 Å². The van der Waals surface area contributed by atoms with Gasteiger partial charge in [0.2, 0.25) is 5.91 Å². The van der Waals surface area contributed by atoms with E-state index in [9.17, 15) is 14.7 Å². The Morgan fingerprint density at radius 2 is 1.51 bits per heavy atom. The van der Waals surface area contributed by atoms with Gasteiger partial charge in [0, 0.05) is 18.7 Å². The average molecular weight is 516 g/mol. The minimum Gasteiger partial charge on any atom is -0.511 e. The van der Waals surface area contributed by atoms with Crippen molar-refractivity contribution >= 4 is 23.6 Å². The van der Waals surface area contributed by atoms with Crippen LogP contribution in [0.5, 0.6) is 0 Å². The molecule has 1 aliphatic rings. The van der Waals surface area contributed by atoms with Gasteiger partial charge in [-0.2, -0.15) is 0 Å². The number of nitrogens with one attached hydrogen (secondary N) is 1. The lowest BCUT2D eigenvalue weighted by Gasteiger charge is -2.37. The highest BCUT2D eigenvalue weighted by atomic mass is 32.2. The highest BCUT2D eigenvalue weighted by Crippen LogP contribution is 2.44. The molecule has 0 bridgehead atoms. The molecule has 1 amide bonds. The largest absolute Gasteiger partial charge is 0.511 e. The van der Waals surface area contributed by atoms with E-state index < -0.39 is 11.6 Å². The Bertz CT molecular complexity index is 1200. The van der Waals surface area contributed by atoms with Crippen molar-refractivity contribution in [1.29, 1.82) is 0 Å². The van der Waals surface area contributed by atoms with Crippen LogP contribution in [0.25, 0.3) is 0 Å². The number of aryl methyl sites for hydroxylation is 1. The first-order valence-electron chi connectivity index (χ1n) is 12.7. The number of aliphatic hydroxyl groups is 1. The monoisotopic (exact) mass is 515 g/mol. The van der Waals surface area contributed by atoms with E-state index in [1.54, 1.807) is 0 Å². The molecule has 1 atom stereocenters. The number of hydrogen-bond donors (Lipinski definition) is 2. The first kappa shape index (κ1) is 26.6. The lowest BCUT2D eigenvalue weighted by atomic mass is 9.83. The van der Waals surface area contributed by atoms with E-state index >= 15 is 0 Å². The summed E-state index contributed by atoms with van der Waals surface area (Å²) in [4.78, 5) is 25.7. The van der Waals surface area contributed by atoms with Crippen LogP contribution < -0.4 is 5.32 Å². The molecule has 3 aromatic carbocycles. The summed E-state index contributed by atoms with van der Waals surface area (Å²) in [7, 11) is 0. The number of carbonyl (C=O) groups excluding carboxylic acids is 2. The van der Waals surface area contributed by atoms with Crippen LogP contribution in [-0.4, -0.2) is 22.7 Å². The molecule has 6 heteroatoms. The van der Waals surface area contributed by atoms with E-state index in [1.165, 1.54) is 17.3 Å². The van der Waals surface area contributed by atoms with Crippen LogP contribution in [0.2, 0.25) is 0 Å². The fourth-order valence-electron chi connectivity index (χ4n) is 4.55. The van der Waals surface area contributed by atoms with Crippen LogP contribution in [0.3, 0.4) is 0 Å². The lowest BCUT2D eigenvalue weighted by Crippen LogP contribution is -2.37. The molecule has 192 valence electrons. The number of benzene rings is 3. The van der Waals surface area contributed by atoms with Gasteiger partial charge >= 0.3 is 5.97 Å². The zero-order chi connectivity index (χ0) is 25.9. The Labute approximate surface area is 222 Å². The van der Waals surface area contributed by atoms with Crippen LogP contribution in [0.15, 0.2) is 102 Å². The minimum absolute atomic E-state index is 0.00176. The number of thioether (sulfide) groups is 1. The number of hydrogen-bond acceptors (Lipinski definition) is 5. The Balaban J connectivity index is 1.35. The standard InChI is InChI=1S/C31H33NO4S/c33-27-22-31(26-16-8-3-9-17-26,20-11-10-18-28(34)32-23-25-14-6-2-7-15-25)36-30(35)29(27)37-21-19-24-12-4-1-5-13-24/h1-9,12-17,33H,10-11,18-23H2,(H,32,34). The molecule has 0 saturated carbocycles. The number of unbranched alkanes of at least 4 members (excludes halogenated alkanes) is 1. The predicted octanol–water partition coefficient (Wildman–Crippen LogP) is 6.45. The molecule has 37 heavy (non-hydrogen) atoms. The number of cyclic esters (lactones) is 1. The zero-order valence-electron chi connectivity index (χ0n) is 20.9. The predicted molar refractivity (Wildman–Crippen MR) is 148 cm³/mol. The van der Waals surface area contributed by atoms with Crippen molar-refractivity contribution < 1.29 is 19.4 Å². The lowest BCUT2D eigenvalue weighted by molar-refractivity contribution is -0.160. The van der Waals surface area contributed by atoms with Crippen molar-refractivity contribution in [2.24, 2.45) is 0 Å². The van der Waals surface area contributed by atoms with Crippen molar-refractivity contribution in [3.63, 3.8) is 0 Å². The molecule has 1 unspecified atom stereocenters. The van der Waals surface area contributed by atoms with E-state index in [0.717, 1.165) is 17.5 Å². The molecule has 0 aliphatic carbocycles. The highest BCUT2D eigenvalue weighted by molar-refractivity contribution is 8.04. The van der Waals surface area contributed by atoms with Gasteiger partial charge in [0.15, 0.2) is 0 Å². The molecule has 0 spiro atoms. The van der Waals surface area contributed by atoms with E-state index in [-0.39, 0.29) is 18.1 Å². The van der Waals surface area contributed by atoms with Gasteiger partial charge in [-0.3, -0.25) is 4.79 Å². The fourth-order valence-corrected chi connectivity index (χ4v) is 5.49. The fraction of sp³-hybridized carbons (Fsp3) is 0.290. The van der Waals surface area contributed by atoms with Crippen LogP contribution in [0, 0.1) is 0 Å². The SMILES string of the molecule is O=C(CCCCC1(c2ccccc2)CC(O)=C(SCCc2ccccc2)C(=O)O1)NCc1ccccc1. The molecular weight excluding hydrogens is 482 g/mol. The number of aliphatic hydroxyl groups excluding tert-OH is 1. The van der Waals surface area contributed by atoms with Crippen molar-refractivity contribution in [3.8, 4) is 0 Å². The summed E-state index contributed by atoms with van der Waals surface area (Å²) in [5, 5.41) is 13.9. The normalized spacial score (nSPS) is 17.4. The number of ether oxygens (including phenoxy) is 1. The molecular formula is C31H33NO4S. The summed E-state index contributed by atoms with van der Waals surface area (Å²) in [6.45, 7) is 0.509. The summed E-state index contributed by atoms with van der Waals surface area (Å²) in [6, 6.07) is 29.5. The molecule has 0 aromatic heterocycles.